The van der Waals surface area contributed by atoms with Crippen molar-refractivity contribution in [1.82, 2.24) is 4.90 Å². The molecule has 3 heteroatoms. The van der Waals surface area contributed by atoms with Crippen molar-refractivity contribution in [3.05, 3.63) is 11.1 Å². The number of rotatable bonds is 2. The highest BCUT2D eigenvalue weighted by atomic mass is 79.9. The number of nitrogens with zero attached hydrogens (tertiary/aromatic N) is 1. The van der Waals surface area contributed by atoms with Gasteiger partial charge in [-0.1, -0.05) is 22.5 Å². The second kappa shape index (κ2) is 4.47. The molecule has 0 amide bonds. The molecule has 0 aliphatic carbocycles. The van der Waals surface area contributed by atoms with E-state index in [9.17, 15) is 0 Å². The van der Waals surface area contributed by atoms with Crippen LogP contribution in [0.4, 0.5) is 0 Å². The lowest BCUT2D eigenvalue weighted by molar-refractivity contribution is 0.202. The molecule has 0 saturated carbocycles. The molecule has 0 aromatic carbocycles. The van der Waals surface area contributed by atoms with E-state index in [-0.39, 0.29) is 17.0 Å². The zero-order valence-corrected chi connectivity index (χ0v) is 8.57. The normalized spacial score (nSPS) is 17.9. The van der Waals surface area contributed by atoms with Crippen molar-refractivity contribution in [3.63, 3.8) is 0 Å². The minimum atomic E-state index is 0. The van der Waals surface area contributed by atoms with Crippen LogP contribution in [0.5, 0.6) is 0 Å². The Bertz CT molecular complexity index is 99.2. The third-order valence-corrected chi connectivity index (χ3v) is 1.59. The molecule has 0 aromatic heterocycles. The van der Waals surface area contributed by atoms with Crippen molar-refractivity contribution in [3.8, 4) is 0 Å². The maximum atomic E-state index is 3.75. The first kappa shape index (κ1) is 9.66. The van der Waals surface area contributed by atoms with Crippen LogP contribution in [0, 0.1) is 0 Å². The second-order valence-corrected chi connectivity index (χ2v) is 3.27. The van der Waals surface area contributed by atoms with Crippen molar-refractivity contribution in [2.75, 3.05) is 19.6 Å². The van der Waals surface area contributed by atoms with Crippen molar-refractivity contribution >= 4 is 32.9 Å². The Hall–Kier alpha value is 0.660. The Morgan fingerprint density at radius 1 is 1.56 bits per heavy atom. The molecule has 1 aliphatic heterocycles. The zero-order chi connectivity index (χ0) is 5.98. The summed E-state index contributed by atoms with van der Waals surface area (Å²) in [5, 5.41) is 0. The first-order valence-corrected chi connectivity index (χ1v) is 3.64. The molecule has 0 unspecified atom stereocenters. The highest BCUT2D eigenvalue weighted by Gasteiger charge is 2.12. The van der Waals surface area contributed by atoms with Gasteiger partial charge in [0.15, 0.2) is 0 Å². The SMILES string of the molecule is Br.C=C(Br)CN1CCC1. The maximum Gasteiger partial charge on any atom is 0.0293 e. The van der Waals surface area contributed by atoms with Gasteiger partial charge in [0.2, 0.25) is 0 Å². The molecular formula is C6H11Br2N. The highest BCUT2D eigenvalue weighted by molar-refractivity contribution is 9.11. The quantitative estimate of drug-likeness (QED) is 0.732. The minimum absolute atomic E-state index is 0. The number of likely N-dealkylation sites (tertiary alicyclic amines) is 1. The van der Waals surface area contributed by atoms with E-state index in [1.165, 1.54) is 19.5 Å². The summed E-state index contributed by atoms with van der Waals surface area (Å²) >= 11 is 3.31. The topological polar surface area (TPSA) is 3.24 Å². The summed E-state index contributed by atoms with van der Waals surface area (Å²) in [7, 11) is 0. The van der Waals surface area contributed by atoms with Crippen molar-refractivity contribution in [2.45, 2.75) is 6.42 Å². The Morgan fingerprint density at radius 3 is 2.22 bits per heavy atom. The van der Waals surface area contributed by atoms with E-state index in [4.69, 9.17) is 0 Å². The summed E-state index contributed by atoms with van der Waals surface area (Å²) in [6.45, 7) is 7.29. The molecule has 0 bridgehead atoms. The number of hydrogen-bond acceptors (Lipinski definition) is 1. The van der Waals surface area contributed by atoms with Gasteiger partial charge in [-0.25, -0.2) is 0 Å². The molecule has 0 radical (unpaired) electrons. The smallest absolute Gasteiger partial charge is 0.0293 e. The highest BCUT2D eigenvalue weighted by Crippen LogP contribution is 2.10. The van der Waals surface area contributed by atoms with E-state index < -0.39 is 0 Å². The number of hydrogen-bond donors (Lipinski definition) is 0. The monoisotopic (exact) mass is 255 g/mol. The molecule has 0 spiro atoms. The molecule has 54 valence electrons. The molecule has 1 nitrogen and oxygen atoms in total. The van der Waals surface area contributed by atoms with Gasteiger partial charge in [0.25, 0.3) is 0 Å². The summed E-state index contributed by atoms with van der Waals surface area (Å²) in [4.78, 5) is 2.36. The molecule has 0 N–H and O–H groups in total. The fraction of sp³-hybridized carbons (Fsp3) is 0.667. The lowest BCUT2D eigenvalue weighted by Crippen LogP contribution is -2.37. The molecule has 9 heavy (non-hydrogen) atoms. The summed E-state index contributed by atoms with van der Waals surface area (Å²) in [5.41, 5.74) is 0. The molecule has 1 heterocycles. The predicted octanol–water partition coefficient (Wildman–Crippen LogP) is 2.18. The van der Waals surface area contributed by atoms with Gasteiger partial charge in [-0.2, -0.15) is 0 Å². The third-order valence-electron chi connectivity index (χ3n) is 1.34. The van der Waals surface area contributed by atoms with Crippen LogP contribution in [0.15, 0.2) is 11.1 Å². The Balaban J connectivity index is 0.000000640. The van der Waals surface area contributed by atoms with Gasteiger partial charge in [0.05, 0.1) is 0 Å². The average molecular weight is 257 g/mol. The first-order chi connectivity index (χ1) is 3.79. The zero-order valence-electron chi connectivity index (χ0n) is 5.27. The fourth-order valence-corrected chi connectivity index (χ4v) is 1.14. The fourth-order valence-electron chi connectivity index (χ4n) is 0.782. The first-order valence-electron chi connectivity index (χ1n) is 2.84. The van der Waals surface area contributed by atoms with Crippen LogP contribution < -0.4 is 0 Å². The van der Waals surface area contributed by atoms with Gasteiger partial charge in [-0.05, 0) is 19.5 Å². The summed E-state index contributed by atoms with van der Waals surface area (Å²) in [5.74, 6) is 0. The largest absolute Gasteiger partial charge is 0.298 e. The van der Waals surface area contributed by atoms with Gasteiger partial charge in [0, 0.05) is 11.0 Å². The van der Waals surface area contributed by atoms with Crippen LogP contribution >= 0.6 is 32.9 Å². The summed E-state index contributed by atoms with van der Waals surface area (Å²) < 4.78 is 1.09. The Labute approximate surface area is 75.0 Å². The molecular weight excluding hydrogens is 246 g/mol. The van der Waals surface area contributed by atoms with E-state index in [1.54, 1.807) is 0 Å². The van der Waals surface area contributed by atoms with Gasteiger partial charge >= 0.3 is 0 Å². The number of halogens is 2. The predicted molar refractivity (Wildman–Crippen MR) is 49.4 cm³/mol. The van der Waals surface area contributed by atoms with E-state index in [0.29, 0.717) is 0 Å². The van der Waals surface area contributed by atoms with Crippen molar-refractivity contribution in [1.29, 1.82) is 0 Å². The van der Waals surface area contributed by atoms with Crippen LogP contribution in [-0.4, -0.2) is 24.5 Å². The maximum absolute atomic E-state index is 3.75. The van der Waals surface area contributed by atoms with E-state index in [0.717, 1.165) is 11.0 Å². The molecule has 1 aliphatic rings. The van der Waals surface area contributed by atoms with Gasteiger partial charge in [-0.15, -0.1) is 17.0 Å². The van der Waals surface area contributed by atoms with Crippen LogP contribution in [0.2, 0.25) is 0 Å². The Morgan fingerprint density at radius 2 is 2.11 bits per heavy atom. The molecule has 0 atom stereocenters. The summed E-state index contributed by atoms with van der Waals surface area (Å²) in [6.07, 6.45) is 1.36. The van der Waals surface area contributed by atoms with Crippen molar-refractivity contribution < 1.29 is 0 Å². The van der Waals surface area contributed by atoms with Crippen LogP contribution in [0.25, 0.3) is 0 Å². The minimum Gasteiger partial charge on any atom is -0.298 e. The molecule has 1 rings (SSSR count). The third kappa shape index (κ3) is 3.38. The Kier molecular flexibility index (Phi) is 4.80. The molecule has 1 saturated heterocycles. The second-order valence-electron chi connectivity index (χ2n) is 2.15. The van der Waals surface area contributed by atoms with Crippen LogP contribution in [0.3, 0.4) is 0 Å². The van der Waals surface area contributed by atoms with E-state index >= 15 is 0 Å². The summed E-state index contributed by atoms with van der Waals surface area (Å²) in [6, 6.07) is 0. The lowest BCUT2D eigenvalue weighted by Gasteiger charge is -2.30. The standard InChI is InChI=1S/C6H10BrN.BrH/c1-6(7)5-8-3-2-4-8;/h1-5H2;1H. The average Bonchev–Trinajstić information content (AvgIpc) is 1.55. The van der Waals surface area contributed by atoms with E-state index in [1.807, 2.05) is 0 Å². The van der Waals surface area contributed by atoms with Crippen LogP contribution in [-0.2, 0) is 0 Å². The van der Waals surface area contributed by atoms with Gasteiger partial charge in [0.1, 0.15) is 0 Å². The van der Waals surface area contributed by atoms with Crippen LogP contribution in [0.1, 0.15) is 6.42 Å². The molecule has 1 fully saturated rings. The van der Waals surface area contributed by atoms with E-state index in [2.05, 4.69) is 27.4 Å². The lowest BCUT2D eigenvalue weighted by atomic mass is 10.2. The van der Waals surface area contributed by atoms with Gasteiger partial charge in [-0.3, -0.25) is 4.90 Å². The van der Waals surface area contributed by atoms with Gasteiger partial charge < -0.3 is 0 Å². The molecule has 0 aromatic rings. The van der Waals surface area contributed by atoms with Crippen molar-refractivity contribution in [2.24, 2.45) is 0 Å².